The minimum absolute atomic E-state index is 0.510. The molecule has 2 rings (SSSR count). The molecule has 0 spiro atoms. The van der Waals surface area contributed by atoms with Crippen LogP contribution >= 0.6 is 11.3 Å². The molecule has 0 aliphatic heterocycles. The van der Waals surface area contributed by atoms with Crippen molar-refractivity contribution in [1.29, 1.82) is 0 Å². The second-order valence-corrected chi connectivity index (χ2v) is 5.54. The van der Waals surface area contributed by atoms with Gasteiger partial charge in [-0.1, -0.05) is 19.4 Å². The van der Waals surface area contributed by atoms with Crippen LogP contribution in [0.2, 0.25) is 0 Å². The molecule has 0 bridgehead atoms. The lowest BCUT2D eigenvalue weighted by Crippen LogP contribution is -2.37. The van der Waals surface area contributed by atoms with Gasteiger partial charge in [0.1, 0.15) is 12.0 Å². The summed E-state index contributed by atoms with van der Waals surface area (Å²) in [4.78, 5) is 10.0. The highest BCUT2D eigenvalue weighted by atomic mass is 32.1. The fourth-order valence-corrected chi connectivity index (χ4v) is 2.43. The molecule has 0 saturated carbocycles. The second-order valence-electron chi connectivity index (χ2n) is 4.60. The highest BCUT2D eigenvalue weighted by Crippen LogP contribution is 2.23. The van der Waals surface area contributed by atoms with Crippen molar-refractivity contribution in [1.82, 2.24) is 15.6 Å². The molecular formula is C15H22N4OS. The van der Waals surface area contributed by atoms with Crippen LogP contribution in [0.1, 0.15) is 32.4 Å². The average Bonchev–Trinajstić information content (AvgIpc) is 3.15. The third-order valence-electron chi connectivity index (χ3n) is 2.85. The van der Waals surface area contributed by atoms with Gasteiger partial charge in [0.25, 0.3) is 0 Å². The van der Waals surface area contributed by atoms with E-state index in [1.54, 1.807) is 17.6 Å². The van der Waals surface area contributed by atoms with Crippen LogP contribution in [-0.2, 0) is 6.54 Å². The van der Waals surface area contributed by atoms with Crippen molar-refractivity contribution in [3.05, 3.63) is 29.5 Å². The summed E-state index contributed by atoms with van der Waals surface area (Å²) >= 11 is 1.62. The van der Waals surface area contributed by atoms with E-state index in [4.69, 9.17) is 4.42 Å². The maximum Gasteiger partial charge on any atom is 0.236 e. The Morgan fingerprint density at radius 1 is 1.38 bits per heavy atom. The maximum absolute atomic E-state index is 5.49. The second kappa shape index (κ2) is 8.46. The molecule has 0 aliphatic rings. The fourth-order valence-electron chi connectivity index (χ4n) is 1.78. The van der Waals surface area contributed by atoms with Gasteiger partial charge in [-0.05, 0) is 24.8 Å². The Bertz CT molecular complexity index is 548. The van der Waals surface area contributed by atoms with Crippen LogP contribution in [0.5, 0.6) is 0 Å². The predicted molar refractivity (Wildman–Crippen MR) is 87.5 cm³/mol. The normalized spacial score (nSPS) is 11.6. The molecule has 2 heterocycles. The van der Waals surface area contributed by atoms with E-state index >= 15 is 0 Å². The molecule has 0 saturated heterocycles. The van der Waals surface area contributed by atoms with Gasteiger partial charge >= 0.3 is 0 Å². The Labute approximate surface area is 129 Å². The molecule has 2 aromatic heterocycles. The summed E-state index contributed by atoms with van der Waals surface area (Å²) in [6.45, 7) is 6.52. The summed E-state index contributed by atoms with van der Waals surface area (Å²) in [6, 6.07) is 3.99. The van der Waals surface area contributed by atoms with Gasteiger partial charge in [0.2, 0.25) is 5.89 Å². The number of hydrogen-bond acceptors (Lipinski definition) is 4. The zero-order valence-electron chi connectivity index (χ0n) is 12.6. The molecule has 0 atom stereocenters. The number of aromatic nitrogens is 1. The highest BCUT2D eigenvalue weighted by molar-refractivity contribution is 7.13. The number of guanidine groups is 1. The first kappa shape index (κ1) is 15.6. The number of nitrogens with one attached hydrogen (secondary N) is 2. The Kier molecular flexibility index (Phi) is 6.27. The molecule has 2 N–H and O–H groups in total. The lowest BCUT2D eigenvalue weighted by Gasteiger charge is -2.09. The van der Waals surface area contributed by atoms with Crippen LogP contribution < -0.4 is 10.6 Å². The summed E-state index contributed by atoms with van der Waals surface area (Å²) in [5, 5.41) is 8.55. The Hall–Kier alpha value is -1.82. The van der Waals surface area contributed by atoms with E-state index < -0.39 is 0 Å². The number of unbranched alkanes of at least 4 members (excludes halogenated alkanes) is 1. The minimum atomic E-state index is 0.510. The lowest BCUT2D eigenvalue weighted by molar-refractivity contribution is 0.574. The van der Waals surface area contributed by atoms with Crippen LogP contribution in [0.15, 0.2) is 33.2 Å². The van der Waals surface area contributed by atoms with Crippen LogP contribution in [0.4, 0.5) is 0 Å². The Balaban J connectivity index is 1.94. The largest absolute Gasteiger partial charge is 0.443 e. The number of oxazole rings is 1. The van der Waals surface area contributed by atoms with Crippen molar-refractivity contribution in [3.8, 4) is 10.8 Å². The summed E-state index contributed by atoms with van der Waals surface area (Å²) in [5.41, 5.74) is 0.839. The van der Waals surface area contributed by atoms with Gasteiger partial charge < -0.3 is 15.1 Å². The van der Waals surface area contributed by atoms with E-state index in [1.165, 1.54) is 6.42 Å². The highest BCUT2D eigenvalue weighted by Gasteiger charge is 2.07. The molecule has 0 unspecified atom stereocenters. The minimum Gasteiger partial charge on any atom is -0.443 e. The van der Waals surface area contributed by atoms with E-state index in [1.807, 2.05) is 17.5 Å². The first-order chi connectivity index (χ1) is 10.3. The number of hydrogen-bond donors (Lipinski definition) is 2. The molecule has 0 amide bonds. The first-order valence-corrected chi connectivity index (χ1v) is 8.22. The van der Waals surface area contributed by atoms with Crippen molar-refractivity contribution in [2.45, 2.75) is 33.2 Å². The molecule has 114 valence electrons. The van der Waals surface area contributed by atoms with Crippen molar-refractivity contribution >= 4 is 17.3 Å². The Morgan fingerprint density at radius 2 is 2.29 bits per heavy atom. The summed E-state index contributed by atoms with van der Waals surface area (Å²) in [6.07, 6.45) is 3.98. The fraction of sp³-hybridized carbons (Fsp3) is 0.467. The molecule has 0 aromatic carbocycles. The number of aliphatic imine (C=N–C) groups is 1. The smallest absolute Gasteiger partial charge is 0.236 e. The van der Waals surface area contributed by atoms with Crippen LogP contribution in [-0.4, -0.2) is 24.0 Å². The van der Waals surface area contributed by atoms with Gasteiger partial charge in [0.05, 0.1) is 11.4 Å². The lowest BCUT2D eigenvalue weighted by atomic mass is 10.3. The third-order valence-corrected chi connectivity index (χ3v) is 3.71. The van der Waals surface area contributed by atoms with E-state index in [0.717, 1.165) is 36.0 Å². The first-order valence-electron chi connectivity index (χ1n) is 7.34. The monoisotopic (exact) mass is 306 g/mol. The van der Waals surface area contributed by atoms with Gasteiger partial charge in [-0.3, -0.25) is 0 Å². The van der Waals surface area contributed by atoms with E-state index in [9.17, 15) is 0 Å². The van der Waals surface area contributed by atoms with Gasteiger partial charge in [0.15, 0.2) is 5.96 Å². The quantitative estimate of drug-likeness (QED) is 0.468. The van der Waals surface area contributed by atoms with Crippen LogP contribution in [0, 0.1) is 0 Å². The third kappa shape index (κ3) is 4.90. The molecule has 0 aliphatic carbocycles. The zero-order valence-corrected chi connectivity index (χ0v) is 13.4. The summed E-state index contributed by atoms with van der Waals surface area (Å²) in [7, 11) is 0. The maximum atomic E-state index is 5.49. The van der Waals surface area contributed by atoms with Gasteiger partial charge in [-0.25, -0.2) is 9.98 Å². The summed E-state index contributed by atoms with van der Waals surface area (Å²) in [5.74, 6) is 1.49. The number of thiophene rings is 1. The van der Waals surface area contributed by atoms with Crippen molar-refractivity contribution < 1.29 is 4.42 Å². The van der Waals surface area contributed by atoms with Gasteiger partial charge in [-0.15, -0.1) is 11.3 Å². The molecule has 0 fully saturated rings. The standard InChI is InChI=1S/C15H22N4OS/c1-3-5-8-17-15(16-4-2)18-10-12-11-20-14(19-12)13-7-6-9-21-13/h6-7,9,11H,3-5,8,10H2,1-2H3,(H2,16,17,18). The van der Waals surface area contributed by atoms with E-state index in [0.29, 0.717) is 12.4 Å². The Morgan fingerprint density at radius 3 is 3.00 bits per heavy atom. The molecule has 6 heteroatoms. The average molecular weight is 306 g/mol. The van der Waals surface area contributed by atoms with Gasteiger partial charge in [0, 0.05) is 13.1 Å². The van der Waals surface area contributed by atoms with E-state index in [-0.39, 0.29) is 0 Å². The van der Waals surface area contributed by atoms with Crippen molar-refractivity contribution in [3.63, 3.8) is 0 Å². The van der Waals surface area contributed by atoms with Crippen molar-refractivity contribution in [2.75, 3.05) is 13.1 Å². The van der Waals surface area contributed by atoms with Crippen molar-refractivity contribution in [2.24, 2.45) is 4.99 Å². The molecule has 21 heavy (non-hydrogen) atoms. The number of rotatable bonds is 7. The molecule has 0 radical (unpaired) electrons. The van der Waals surface area contributed by atoms with Crippen LogP contribution in [0.25, 0.3) is 10.8 Å². The topological polar surface area (TPSA) is 62.5 Å². The van der Waals surface area contributed by atoms with Gasteiger partial charge in [-0.2, -0.15) is 0 Å². The number of nitrogens with zero attached hydrogens (tertiary/aromatic N) is 2. The van der Waals surface area contributed by atoms with Crippen LogP contribution in [0.3, 0.4) is 0 Å². The predicted octanol–water partition coefficient (Wildman–Crippen LogP) is 3.26. The molecule has 2 aromatic rings. The molecule has 5 nitrogen and oxygen atoms in total. The SMILES string of the molecule is CCCCNC(=NCc1coc(-c2cccs2)n1)NCC. The summed E-state index contributed by atoms with van der Waals surface area (Å²) < 4.78 is 5.49. The van der Waals surface area contributed by atoms with E-state index in [2.05, 4.69) is 34.5 Å². The molecular weight excluding hydrogens is 284 g/mol. The zero-order chi connectivity index (χ0) is 14.9.